The van der Waals surface area contributed by atoms with Crippen molar-refractivity contribution in [1.29, 1.82) is 0 Å². The van der Waals surface area contributed by atoms with E-state index in [1.807, 2.05) is 36.4 Å². The molecule has 5 heteroatoms. The van der Waals surface area contributed by atoms with Crippen LogP contribution in [0.3, 0.4) is 0 Å². The minimum Gasteiger partial charge on any atom is -0.459 e. The highest BCUT2D eigenvalue weighted by molar-refractivity contribution is 5.80. The zero-order valence-corrected chi connectivity index (χ0v) is 12.8. The molecular weight excluding hydrogens is 293 g/mol. The Bertz CT molecular complexity index is 793. The third-order valence-corrected chi connectivity index (χ3v) is 3.53. The minimum absolute atomic E-state index is 0.229. The summed E-state index contributed by atoms with van der Waals surface area (Å²) in [7, 11) is 1.68. The Labute approximate surface area is 134 Å². The van der Waals surface area contributed by atoms with Crippen molar-refractivity contribution >= 4 is 16.9 Å². The highest BCUT2D eigenvalue weighted by atomic mass is 19.1. The van der Waals surface area contributed by atoms with Gasteiger partial charge in [-0.3, -0.25) is 4.99 Å². The molecule has 0 aliphatic rings. The maximum atomic E-state index is 13.6. The van der Waals surface area contributed by atoms with E-state index in [2.05, 4.69) is 15.6 Å². The van der Waals surface area contributed by atoms with Gasteiger partial charge in [-0.25, -0.2) is 4.39 Å². The number of hydrogen-bond acceptors (Lipinski definition) is 2. The largest absolute Gasteiger partial charge is 0.459 e. The van der Waals surface area contributed by atoms with E-state index in [9.17, 15) is 4.39 Å². The van der Waals surface area contributed by atoms with Crippen molar-refractivity contribution in [2.75, 3.05) is 7.05 Å². The van der Waals surface area contributed by atoms with E-state index in [4.69, 9.17) is 4.42 Å². The quantitative estimate of drug-likeness (QED) is 0.573. The van der Waals surface area contributed by atoms with Crippen molar-refractivity contribution in [3.05, 3.63) is 71.7 Å². The fourth-order valence-electron chi connectivity index (χ4n) is 2.34. The number of hydrogen-bond donors (Lipinski definition) is 2. The maximum Gasteiger partial charge on any atom is 0.191 e. The van der Waals surface area contributed by atoms with E-state index in [0.29, 0.717) is 24.6 Å². The Kier molecular flexibility index (Phi) is 4.57. The number of furan rings is 1. The number of para-hydroxylation sites is 1. The summed E-state index contributed by atoms with van der Waals surface area (Å²) in [6.07, 6.45) is 0. The van der Waals surface area contributed by atoms with Crippen LogP contribution in [-0.2, 0) is 13.1 Å². The van der Waals surface area contributed by atoms with Gasteiger partial charge in [0, 0.05) is 24.5 Å². The van der Waals surface area contributed by atoms with E-state index in [-0.39, 0.29) is 5.82 Å². The number of aliphatic imine (C=N–C) groups is 1. The summed E-state index contributed by atoms with van der Waals surface area (Å²) < 4.78 is 19.3. The van der Waals surface area contributed by atoms with E-state index in [1.165, 1.54) is 6.07 Å². The van der Waals surface area contributed by atoms with Crippen molar-refractivity contribution in [3.8, 4) is 0 Å². The lowest BCUT2D eigenvalue weighted by Gasteiger charge is -2.11. The van der Waals surface area contributed by atoms with Gasteiger partial charge in [-0.2, -0.15) is 0 Å². The Morgan fingerprint density at radius 2 is 1.78 bits per heavy atom. The van der Waals surface area contributed by atoms with Gasteiger partial charge in [-0.1, -0.05) is 36.4 Å². The van der Waals surface area contributed by atoms with Crippen LogP contribution in [0.25, 0.3) is 11.0 Å². The number of halogens is 1. The number of nitrogens with zero attached hydrogens (tertiary/aromatic N) is 1. The fourth-order valence-corrected chi connectivity index (χ4v) is 2.34. The number of nitrogens with one attached hydrogen (secondary N) is 2. The van der Waals surface area contributed by atoms with Crippen LogP contribution in [0.2, 0.25) is 0 Å². The van der Waals surface area contributed by atoms with Crippen LogP contribution < -0.4 is 10.6 Å². The molecule has 0 radical (unpaired) electrons. The Morgan fingerprint density at radius 1 is 1.04 bits per heavy atom. The van der Waals surface area contributed by atoms with Gasteiger partial charge in [-0.05, 0) is 18.2 Å². The first kappa shape index (κ1) is 15.1. The lowest BCUT2D eigenvalue weighted by molar-refractivity contribution is 0.538. The Hall–Kier alpha value is -2.82. The number of guanidine groups is 1. The molecule has 3 aromatic rings. The molecule has 3 rings (SSSR count). The molecule has 0 spiro atoms. The molecule has 23 heavy (non-hydrogen) atoms. The van der Waals surface area contributed by atoms with Crippen LogP contribution in [0.1, 0.15) is 11.3 Å². The summed E-state index contributed by atoms with van der Waals surface area (Å²) in [5.74, 6) is 1.18. The first-order valence-corrected chi connectivity index (χ1v) is 7.41. The van der Waals surface area contributed by atoms with Gasteiger partial charge >= 0.3 is 0 Å². The first-order valence-electron chi connectivity index (χ1n) is 7.41. The molecule has 4 nitrogen and oxygen atoms in total. The molecule has 0 saturated heterocycles. The van der Waals surface area contributed by atoms with Gasteiger partial charge in [0.25, 0.3) is 0 Å². The molecule has 1 aromatic heterocycles. The SMILES string of the molecule is CN=C(NCc1cc2ccccc2o1)NCc1ccccc1F. The topological polar surface area (TPSA) is 49.6 Å². The average Bonchev–Trinajstić information content (AvgIpc) is 2.99. The normalized spacial score (nSPS) is 11.7. The molecule has 118 valence electrons. The van der Waals surface area contributed by atoms with Crippen molar-refractivity contribution in [3.63, 3.8) is 0 Å². The van der Waals surface area contributed by atoms with Gasteiger partial charge in [0.05, 0.1) is 6.54 Å². The summed E-state index contributed by atoms with van der Waals surface area (Å²) in [6, 6.07) is 16.5. The van der Waals surface area contributed by atoms with E-state index < -0.39 is 0 Å². The summed E-state index contributed by atoms with van der Waals surface area (Å²) in [5, 5.41) is 7.31. The van der Waals surface area contributed by atoms with Crippen molar-refractivity contribution < 1.29 is 8.81 Å². The van der Waals surface area contributed by atoms with Gasteiger partial charge < -0.3 is 15.1 Å². The number of rotatable bonds is 4. The van der Waals surface area contributed by atoms with Crippen LogP contribution >= 0.6 is 0 Å². The predicted molar refractivity (Wildman–Crippen MR) is 89.7 cm³/mol. The third-order valence-electron chi connectivity index (χ3n) is 3.53. The molecule has 2 N–H and O–H groups in total. The zero-order chi connectivity index (χ0) is 16.1. The fraction of sp³-hybridized carbons (Fsp3) is 0.167. The maximum absolute atomic E-state index is 13.6. The van der Waals surface area contributed by atoms with E-state index in [1.54, 1.807) is 19.2 Å². The van der Waals surface area contributed by atoms with Crippen LogP contribution in [0.5, 0.6) is 0 Å². The second kappa shape index (κ2) is 6.96. The lowest BCUT2D eigenvalue weighted by Crippen LogP contribution is -2.36. The van der Waals surface area contributed by atoms with Gasteiger partial charge in [0.1, 0.15) is 17.2 Å². The van der Waals surface area contributed by atoms with Crippen molar-refractivity contribution in [2.24, 2.45) is 4.99 Å². The number of fused-ring (bicyclic) bond motifs is 1. The molecule has 0 unspecified atom stereocenters. The average molecular weight is 311 g/mol. The van der Waals surface area contributed by atoms with Crippen LogP contribution in [0, 0.1) is 5.82 Å². The van der Waals surface area contributed by atoms with Crippen LogP contribution in [-0.4, -0.2) is 13.0 Å². The van der Waals surface area contributed by atoms with Gasteiger partial charge in [0.15, 0.2) is 5.96 Å². The highest BCUT2D eigenvalue weighted by Crippen LogP contribution is 2.18. The van der Waals surface area contributed by atoms with Crippen LogP contribution in [0.4, 0.5) is 4.39 Å². The second-order valence-corrected chi connectivity index (χ2v) is 5.12. The first-order chi connectivity index (χ1) is 11.3. The molecule has 0 aliphatic carbocycles. The summed E-state index contributed by atoms with van der Waals surface area (Å²) in [5.41, 5.74) is 1.46. The molecule has 1 heterocycles. The zero-order valence-electron chi connectivity index (χ0n) is 12.8. The highest BCUT2D eigenvalue weighted by Gasteiger charge is 2.05. The minimum atomic E-state index is -0.229. The van der Waals surface area contributed by atoms with Crippen LogP contribution in [0.15, 0.2) is 64.0 Å². The van der Waals surface area contributed by atoms with E-state index >= 15 is 0 Å². The predicted octanol–water partition coefficient (Wildman–Crippen LogP) is 3.44. The third kappa shape index (κ3) is 3.69. The summed E-state index contributed by atoms with van der Waals surface area (Å²) >= 11 is 0. The van der Waals surface area contributed by atoms with Crippen molar-refractivity contribution in [1.82, 2.24) is 10.6 Å². The molecule has 0 atom stereocenters. The number of benzene rings is 2. The van der Waals surface area contributed by atoms with Crippen molar-refractivity contribution in [2.45, 2.75) is 13.1 Å². The summed E-state index contributed by atoms with van der Waals surface area (Å²) in [6.45, 7) is 0.873. The van der Waals surface area contributed by atoms with Gasteiger partial charge in [-0.15, -0.1) is 0 Å². The van der Waals surface area contributed by atoms with Gasteiger partial charge in [0.2, 0.25) is 0 Å². The molecule has 0 aliphatic heterocycles. The monoisotopic (exact) mass is 311 g/mol. The Morgan fingerprint density at radius 3 is 2.57 bits per heavy atom. The smallest absolute Gasteiger partial charge is 0.191 e. The standard InChI is InChI=1S/C18H18FN3O/c1-20-18(21-11-14-7-2-4-8-16(14)19)22-12-15-10-13-6-3-5-9-17(13)23-15/h2-10H,11-12H2,1H3,(H2,20,21,22). The molecular formula is C18H18FN3O. The Balaban J connectivity index is 1.58. The molecule has 0 fully saturated rings. The molecule has 0 bridgehead atoms. The lowest BCUT2D eigenvalue weighted by atomic mass is 10.2. The molecule has 0 amide bonds. The molecule has 0 saturated carbocycles. The second-order valence-electron chi connectivity index (χ2n) is 5.12. The summed E-state index contributed by atoms with van der Waals surface area (Å²) in [4.78, 5) is 4.13. The molecule has 2 aromatic carbocycles. The van der Waals surface area contributed by atoms with E-state index in [0.717, 1.165) is 16.7 Å².